The van der Waals surface area contributed by atoms with Crippen molar-refractivity contribution in [2.24, 2.45) is 0 Å². The van der Waals surface area contributed by atoms with Gasteiger partial charge in [-0.25, -0.2) is 4.79 Å². The van der Waals surface area contributed by atoms with Crippen LogP contribution in [-0.4, -0.2) is 47.9 Å². The van der Waals surface area contributed by atoms with E-state index in [4.69, 9.17) is 4.42 Å². The van der Waals surface area contributed by atoms with Gasteiger partial charge in [0.1, 0.15) is 0 Å². The molecule has 0 spiro atoms. The second kappa shape index (κ2) is 8.75. The van der Waals surface area contributed by atoms with E-state index in [2.05, 4.69) is 36.5 Å². The molecule has 1 saturated heterocycles. The van der Waals surface area contributed by atoms with E-state index in [1.54, 1.807) is 29.0 Å². The van der Waals surface area contributed by atoms with E-state index in [0.717, 1.165) is 24.8 Å². The van der Waals surface area contributed by atoms with E-state index < -0.39 is 0 Å². The van der Waals surface area contributed by atoms with Crippen LogP contribution in [0.25, 0.3) is 0 Å². The van der Waals surface area contributed by atoms with Crippen LogP contribution in [0.4, 0.5) is 4.79 Å². The second-order valence-electron chi connectivity index (χ2n) is 7.02. The van der Waals surface area contributed by atoms with Crippen molar-refractivity contribution in [3.63, 3.8) is 0 Å². The van der Waals surface area contributed by atoms with E-state index in [0.29, 0.717) is 25.4 Å². The molecular formula is C21H27N3O3. The van der Waals surface area contributed by atoms with Gasteiger partial charge in [0.05, 0.1) is 6.26 Å². The number of carbonyl (C=O) groups is 2. The maximum absolute atomic E-state index is 12.5. The molecule has 2 aromatic rings. The molecule has 0 radical (unpaired) electrons. The Labute approximate surface area is 160 Å². The van der Waals surface area contributed by atoms with E-state index >= 15 is 0 Å². The predicted molar refractivity (Wildman–Crippen MR) is 103 cm³/mol. The smallest absolute Gasteiger partial charge is 0.317 e. The lowest BCUT2D eigenvalue weighted by molar-refractivity contribution is 0.0674. The molecular weight excluding hydrogens is 342 g/mol. The molecule has 144 valence electrons. The van der Waals surface area contributed by atoms with Crippen molar-refractivity contribution in [1.29, 1.82) is 0 Å². The van der Waals surface area contributed by atoms with Crippen molar-refractivity contribution in [3.05, 3.63) is 59.5 Å². The molecule has 1 N–H and O–H groups in total. The summed E-state index contributed by atoms with van der Waals surface area (Å²) in [6.07, 6.45) is 4.01. The quantitative estimate of drug-likeness (QED) is 0.879. The van der Waals surface area contributed by atoms with Crippen molar-refractivity contribution in [3.8, 4) is 0 Å². The van der Waals surface area contributed by atoms with Gasteiger partial charge in [-0.1, -0.05) is 31.2 Å². The van der Waals surface area contributed by atoms with Crippen LogP contribution in [-0.2, 0) is 13.0 Å². The number of carbonyl (C=O) groups excluding carboxylic acids is 2. The summed E-state index contributed by atoms with van der Waals surface area (Å²) in [4.78, 5) is 28.2. The van der Waals surface area contributed by atoms with Crippen LogP contribution in [0.3, 0.4) is 0 Å². The Kier molecular flexibility index (Phi) is 6.16. The van der Waals surface area contributed by atoms with Crippen LogP contribution in [0.2, 0.25) is 0 Å². The number of aryl methyl sites for hydroxylation is 1. The third-order valence-corrected chi connectivity index (χ3v) is 5.04. The third kappa shape index (κ3) is 4.90. The molecule has 27 heavy (non-hydrogen) atoms. The van der Waals surface area contributed by atoms with Crippen molar-refractivity contribution in [2.75, 3.05) is 20.1 Å². The van der Waals surface area contributed by atoms with Gasteiger partial charge in [0.25, 0.3) is 5.91 Å². The number of hydrogen-bond acceptors (Lipinski definition) is 3. The van der Waals surface area contributed by atoms with E-state index in [1.165, 1.54) is 11.8 Å². The van der Waals surface area contributed by atoms with Gasteiger partial charge in [-0.2, -0.15) is 0 Å². The molecule has 1 fully saturated rings. The molecule has 2 heterocycles. The summed E-state index contributed by atoms with van der Waals surface area (Å²) >= 11 is 0. The van der Waals surface area contributed by atoms with Crippen LogP contribution < -0.4 is 5.32 Å². The summed E-state index contributed by atoms with van der Waals surface area (Å²) in [5, 5.41) is 3.08. The monoisotopic (exact) mass is 369 g/mol. The van der Waals surface area contributed by atoms with Crippen LogP contribution in [0.15, 0.2) is 47.1 Å². The number of piperidine rings is 1. The molecule has 0 unspecified atom stereocenters. The second-order valence-corrected chi connectivity index (χ2v) is 7.02. The highest BCUT2D eigenvalue weighted by atomic mass is 16.3. The topological polar surface area (TPSA) is 65.8 Å². The Balaban J connectivity index is 1.45. The number of nitrogens with zero attached hydrogens (tertiary/aromatic N) is 2. The largest absolute Gasteiger partial charge is 0.459 e. The lowest BCUT2D eigenvalue weighted by Crippen LogP contribution is -2.49. The van der Waals surface area contributed by atoms with Gasteiger partial charge in [0.2, 0.25) is 0 Å². The number of amides is 3. The Morgan fingerprint density at radius 3 is 2.41 bits per heavy atom. The van der Waals surface area contributed by atoms with Crippen molar-refractivity contribution in [1.82, 2.24) is 15.1 Å². The molecule has 1 aromatic heterocycles. The number of rotatable bonds is 5. The minimum Gasteiger partial charge on any atom is -0.459 e. The minimum atomic E-state index is -0.0857. The summed E-state index contributed by atoms with van der Waals surface area (Å²) in [6.45, 7) is 3.94. The van der Waals surface area contributed by atoms with Gasteiger partial charge in [-0.05, 0) is 42.5 Å². The third-order valence-electron chi connectivity index (χ3n) is 5.04. The maximum atomic E-state index is 12.5. The average molecular weight is 369 g/mol. The van der Waals surface area contributed by atoms with Gasteiger partial charge < -0.3 is 19.5 Å². The SMILES string of the molecule is CCc1ccc(CN(C)C(=O)NC2CCN(C(=O)c3ccco3)CC2)cc1. The van der Waals surface area contributed by atoms with Gasteiger partial charge in [-0.15, -0.1) is 0 Å². The molecule has 3 rings (SSSR count). The fourth-order valence-corrected chi connectivity index (χ4v) is 3.29. The van der Waals surface area contributed by atoms with Crippen LogP contribution in [0.1, 0.15) is 41.4 Å². The normalized spacial score (nSPS) is 14.8. The van der Waals surface area contributed by atoms with Crippen molar-refractivity contribution < 1.29 is 14.0 Å². The zero-order chi connectivity index (χ0) is 19.2. The molecule has 6 nitrogen and oxygen atoms in total. The molecule has 1 aliphatic rings. The Hall–Kier alpha value is -2.76. The minimum absolute atomic E-state index is 0.0784. The first-order valence-corrected chi connectivity index (χ1v) is 9.49. The van der Waals surface area contributed by atoms with Gasteiger partial charge >= 0.3 is 6.03 Å². The first-order chi connectivity index (χ1) is 13.1. The number of furan rings is 1. The van der Waals surface area contributed by atoms with Crippen LogP contribution >= 0.6 is 0 Å². The number of benzene rings is 1. The zero-order valence-corrected chi connectivity index (χ0v) is 16.0. The van der Waals surface area contributed by atoms with Crippen LogP contribution in [0, 0.1) is 0 Å². The molecule has 0 aliphatic carbocycles. The molecule has 0 saturated carbocycles. The first-order valence-electron chi connectivity index (χ1n) is 9.49. The van der Waals surface area contributed by atoms with E-state index in [9.17, 15) is 9.59 Å². The number of urea groups is 1. The highest BCUT2D eigenvalue weighted by molar-refractivity contribution is 5.91. The molecule has 3 amide bonds. The molecule has 0 atom stereocenters. The zero-order valence-electron chi connectivity index (χ0n) is 16.0. The number of nitrogens with one attached hydrogen (secondary N) is 1. The predicted octanol–water partition coefficient (Wildman–Crippen LogP) is 3.29. The average Bonchev–Trinajstić information content (AvgIpc) is 3.23. The van der Waals surface area contributed by atoms with Gasteiger partial charge in [0.15, 0.2) is 5.76 Å². The molecule has 0 bridgehead atoms. The number of likely N-dealkylation sites (tertiary alicyclic amines) is 1. The Morgan fingerprint density at radius 2 is 1.81 bits per heavy atom. The Morgan fingerprint density at radius 1 is 1.15 bits per heavy atom. The fraction of sp³-hybridized carbons (Fsp3) is 0.429. The first kappa shape index (κ1) is 19.0. The summed E-state index contributed by atoms with van der Waals surface area (Å²) in [5.74, 6) is 0.281. The highest BCUT2D eigenvalue weighted by Gasteiger charge is 2.26. The lowest BCUT2D eigenvalue weighted by Gasteiger charge is -2.32. The van der Waals surface area contributed by atoms with E-state index in [-0.39, 0.29) is 18.0 Å². The molecule has 6 heteroatoms. The standard InChI is InChI=1S/C21H27N3O3/c1-3-16-6-8-17(9-7-16)15-23(2)21(26)22-18-10-12-24(13-11-18)20(25)19-5-4-14-27-19/h4-9,14,18H,3,10-13,15H2,1-2H3,(H,22,26). The highest BCUT2D eigenvalue weighted by Crippen LogP contribution is 2.15. The summed E-state index contributed by atoms with van der Waals surface area (Å²) in [5.41, 5.74) is 2.41. The van der Waals surface area contributed by atoms with Gasteiger partial charge in [-0.3, -0.25) is 4.79 Å². The summed E-state index contributed by atoms with van der Waals surface area (Å²) < 4.78 is 5.17. The Bertz CT molecular complexity index is 747. The van der Waals surface area contributed by atoms with Crippen molar-refractivity contribution in [2.45, 2.75) is 38.8 Å². The lowest BCUT2D eigenvalue weighted by atomic mass is 10.0. The van der Waals surface area contributed by atoms with E-state index in [1.807, 2.05) is 0 Å². The fourth-order valence-electron chi connectivity index (χ4n) is 3.29. The molecule has 1 aromatic carbocycles. The molecule has 1 aliphatic heterocycles. The van der Waals surface area contributed by atoms with Crippen LogP contribution in [0.5, 0.6) is 0 Å². The maximum Gasteiger partial charge on any atom is 0.317 e. The van der Waals surface area contributed by atoms with Gasteiger partial charge in [0, 0.05) is 32.7 Å². The van der Waals surface area contributed by atoms with Crippen molar-refractivity contribution >= 4 is 11.9 Å². The number of hydrogen-bond donors (Lipinski definition) is 1. The summed E-state index contributed by atoms with van der Waals surface area (Å²) in [7, 11) is 1.80. The summed E-state index contributed by atoms with van der Waals surface area (Å²) in [6, 6.07) is 11.8.